The molecule has 1 atom stereocenters. The van der Waals surface area contributed by atoms with Gasteiger partial charge in [-0.25, -0.2) is 0 Å². The summed E-state index contributed by atoms with van der Waals surface area (Å²) in [6, 6.07) is 4.16. The summed E-state index contributed by atoms with van der Waals surface area (Å²) in [7, 11) is 0. The van der Waals surface area contributed by atoms with Crippen LogP contribution in [0.2, 0.25) is 0 Å². The normalized spacial score (nSPS) is 12.7. The Kier molecular flexibility index (Phi) is 4.47. The molecule has 0 radical (unpaired) electrons. The Balaban J connectivity index is 2.15. The van der Waals surface area contributed by atoms with Crippen LogP contribution in [-0.4, -0.2) is 6.04 Å². The van der Waals surface area contributed by atoms with Crippen LogP contribution in [-0.2, 0) is 6.42 Å². The molecule has 1 rings (SSSR count). The zero-order valence-electron chi connectivity index (χ0n) is 8.83. The topological polar surface area (TPSA) is 39.2 Å². The summed E-state index contributed by atoms with van der Waals surface area (Å²) in [4.78, 5) is 0. The first-order valence-corrected chi connectivity index (χ1v) is 5.11. The lowest BCUT2D eigenvalue weighted by Gasteiger charge is -2.09. The summed E-state index contributed by atoms with van der Waals surface area (Å²) in [5, 5.41) is 0. The van der Waals surface area contributed by atoms with Crippen molar-refractivity contribution in [2.75, 3.05) is 0 Å². The van der Waals surface area contributed by atoms with Crippen LogP contribution in [0.4, 0.5) is 0 Å². The van der Waals surface area contributed by atoms with Crippen molar-refractivity contribution < 1.29 is 4.42 Å². The average Bonchev–Trinajstić information content (AvgIpc) is 2.63. The van der Waals surface area contributed by atoms with Crippen LogP contribution < -0.4 is 5.73 Å². The monoisotopic (exact) mass is 193 g/mol. The summed E-state index contributed by atoms with van der Waals surface area (Å²) in [6.45, 7) is 5.90. The summed E-state index contributed by atoms with van der Waals surface area (Å²) in [6.07, 6.45) is 5.68. The summed E-state index contributed by atoms with van der Waals surface area (Å²) in [5.41, 5.74) is 7.16. The lowest BCUT2D eigenvalue weighted by Crippen LogP contribution is -2.20. The molecule has 1 aromatic rings. The molecule has 78 valence electrons. The van der Waals surface area contributed by atoms with Crippen LogP contribution in [0.3, 0.4) is 0 Å². The van der Waals surface area contributed by atoms with Gasteiger partial charge in [0.25, 0.3) is 0 Å². The highest BCUT2D eigenvalue weighted by molar-refractivity contribution is 4.98. The van der Waals surface area contributed by atoms with Crippen molar-refractivity contribution in [1.29, 1.82) is 0 Å². The lowest BCUT2D eigenvalue weighted by molar-refractivity contribution is 0.476. The molecule has 1 aromatic heterocycles. The molecule has 0 bridgehead atoms. The minimum absolute atomic E-state index is 0.261. The van der Waals surface area contributed by atoms with Crippen LogP contribution in [0.25, 0.3) is 0 Å². The van der Waals surface area contributed by atoms with E-state index in [1.165, 1.54) is 5.57 Å². The first-order valence-electron chi connectivity index (χ1n) is 5.11. The van der Waals surface area contributed by atoms with Crippen molar-refractivity contribution in [2.24, 2.45) is 5.73 Å². The molecule has 0 amide bonds. The van der Waals surface area contributed by atoms with Crippen molar-refractivity contribution >= 4 is 0 Å². The third-order valence-electron chi connectivity index (χ3n) is 2.28. The van der Waals surface area contributed by atoms with Crippen LogP contribution >= 0.6 is 0 Å². The maximum Gasteiger partial charge on any atom is 0.103 e. The molecule has 14 heavy (non-hydrogen) atoms. The van der Waals surface area contributed by atoms with Crippen molar-refractivity contribution in [2.45, 2.75) is 38.6 Å². The molecule has 0 spiro atoms. The zero-order chi connectivity index (χ0) is 10.4. The molecular weight excluding hydrogens is 174 g/mol. The minimum atomic E-state index is 0.261. The van der Waals surface area contributed by atoms with Gasteiger partial charge >= 0.3 is 0 Å². The summed E-state index contributed by atoms with van der Waals surface area (Å²) in [5.74, 6) is 1.02. The van der Waals surface area contributed by atoms with Gasteiger partial charge < -0.3 is 10.2 Å². The predicted molar refractivity (Wildman–Crippen MR) is 59.1 cm³/mol. The number of allylic oxidation sites excluding steroid dienone is 1. The second kappa shape index (κ2) is 5.66. The molecule has 0 aliphatic rings. The van der Waals surface area contributed by atoms with E-state index in [4.69, 9.17) is 10.2 Å². The van der Waals surface area contributed by atoms with Gasteiger partial charge in [-0.2, -0.15) is 0 Å². The second-order valence-corrected chi connectivity index (χ2v) is 3.87. The summed E-state index contributed by atoms with van der Waals surface area (Å²) < 4.78 is 5.24. The largest absolute Gasteiger partial charge is 0.469 e. The molecule has 2 heteroatoms. The summed E-state index contributed by atoms with van der Waals surface area (Å²) >= 11 is 0. The fourth-order valence-corrected chi connectivity index (χ4v) is 1.36. The molecule has 0 saturated carbocycles. The van der Waals surface area contributed by atoms with Gasteiger partial charge in [0.1, 0.15) is 5.76 Å². The third-order valence-corrected chi connectivity index (χ3v) is 2.28. The highest BCUT2D eigenvalue weighted by Gasteiger charge is 2.04. The fraction of sp³-hybridized carbons (Fsp3) is 0.500. The van der Waals surface area contributed by atoms with Gasteiger partial charge in [-0.05, 0) is 38.3 Å². The Labute approximate surface area is 85.8 Å². The number of hydrogen-bond acceptors (Lipinski definition) is 2. The molecule has 0 aromatic carbocycles. The maximum atomic E-state index is 5.96. The fourth-order valence-electron chi connectivity index (χ4n) is 1.36. The molecule has 2 nitrogen and oxygen atoms in total. The van der Waals surface area contributed by atoms with Crippen LogP contribution in [0.15, 0.2) is 35.0 Å². The maximum absolute atomic E-state index is 5.96. The van der Waals surface area contributed by atoms with E-state index in [9.17, 15) is 0 Å². The van der Waals surface area contributed by atoms with Gasteiger partial charge in [0.2, 0.25) is 0 Å². The Hall–Kier alpha value is -1.02. The van der Waals surface area contributed by atoms with Gasteiger partial charge in [0.05, 0.1) is 6.26 Å². The number of rotatable bonds is 6. The quantitative estimate of drug-likeness (QED) is 0.705. The van der Waals surface area contributed by atoms with Gasteiger partial charge in [-0.1, -0.05) is 5.57 Å². The van der Waals surface area contributed by atoms with Crippen molar-refractivity contribution in [3.63, 3.8) is 0 Å². The first kappa shape index (κ1) is 11.1. The van der Waals surface area contributed by atoms with Crippen LogP contribution in [0, 0.1) is 0 Å². The predicted octanol–water partition coefficient (Wildman–Crippen LogP) is 2.90. The van der Waals surface area contributed by atoms with E-state index in [0.717, 1.165) is 31.4 Å². The number of nitrogens with two attached hydrogens (primary N) is 1. The molecule has 0 saturated heterocycles. The molecule has 1 unspecified atom stereocenters. The third kappa shape index (κ3) is 4.28. The van der Waals surface area contributed by atoms with Crippen molar-refractivity contribution in [3.05, 3.63) is 36.3 Å². The minimum Gasteiger partial charge on any atom is -0.469 e. The van der Waals surface area contributed by atoms with Gasteiger partial charge in [-0.3, -0.25) is 0 Å². The zero-order valence-corrected chi connectivity index (χ0v) is 8.83. The van der Waals surface area contributed by atoms with Crippen LogP contribution in [0.5, 0.6) is 0 Å². The van der Waals surface area contributed by atoms with Crippen molar-refractivity contribution in [1.82, 2.24) is 0 Å². The number of hydrogen-bond donors (Lipinski definition) is 1. The Bertz CT molecular complexity index is 264. The molecule has 2 N–H and O–H groups in total. The molecule has 0 aliphatic carbocycles. The van der Waals surface area contributed by atoms with E-state index in [1.807, 2.05) is 19.1 Å². The average molecular weight is 193 g/mol. The van der Waals surface area contributed by atoms with E-state index >= 15 is 0 Å². The molecular formula is C12H19NO. The number of furan rings is 1. The van der Waals surface area contributed by atoms with Crippen molar-refractivity contribution in [3.8, 4) is 0 Å². The van der Waals surface area contributed by atoms with E-state index in [1.54, 1.807) is 6.26 Å². The SMILES string of the molecule is C=C(C)CCC(N)CCc1ccco1. The van der Waals surface area contributed by atoms with E-state index in [-0.39, 0.29) is 6.04 Å². The van der Waals surface area contributed by atoms with E-state index in [2.05, 4.69) is 6.58 Å². The molecule has 1 heterocycles. The Morgan fingerprint density at radius 1 is 1.57 bits per heavy atom. The van der Waals surface area contributed by atoms with E-state index in [0.29, 0.717) is 0 Å². The van der Waals surface area contributed by atoms with Gasteiger partial charge in [0, 0.05) is 12.5 Å². The van der Waals surface area contributed by atoms with E-state index < -0.39 is 0 Å². The lowest BCUT2D eigenvalue weighted by atomic mass is 10.0. The van der Waals surface area contributed by atoms with Crippen LogP contribution in [0.1, 0.15) is 31.9 Å². The number of aryl methyl sites for hydroxylation is 1. The smallest absolute Gasteiger partial charge is 0.103 e. The molecule has 0 aliphatic heterocycles. The standard InChI is InChI=1S/C12H19NO/c1-10(2)5-6-11(13)7-8-12-4-3-9-14-12/h3-4,9,11H,1,5-8,13H2,2H3. The Morgan fingerprint density at radius 2 is 2.36 bits per heavy atom. The molecule has 0 fully saturated rings. The second-order valence-electron chi connectivity index (χ2n) is 3.87. The van der Waals surface area contributed by atoms with Gasteiger partial charge in [0.15, 0.2) is 0 Å². The first-order chi connectivity index (χ1) is 6.68. The highest BCUT2D eigenvalue weighted by atomic mass is 16.3. The Morgan fingerprint density at radius 3 is 2.93 bits per heavy atom. The highest BCUT2D eigenvalue weighted by Crippen LogP contribution is 2.10. The van der Waals surface area contributed by atoms with Gasteiger partial charge in [-0.15, -0.1) is 6.58 Å².